The van der Waals surface area contributed by atoms with Crippen LogP contribution in [0.1, 0.15) is 12.1 Å². The lowest BCUT2D eigenvalue weighted by atomic mass is 10.3. The van der Waals surface area contributed by atoms with Gasteiger partial charge in [0.1, 0.15) is 5.65 Å². The first-order chi connectivity index (χ1) is 10.3. The number of pyridine rings is 1. The summed E-state index contributed by atoms with van der Waals surface area (Å²) in [5.74, 6) is -0.157. The molecule has 6 heteroatoms. The second kappa shape index (κ2) is 5.97. The molecule has 3 rings (SSSR count). The van der Waals surface area contributed by atoms with Gasteiger partial charge in [0.15, 0.2) is 5.82 Å². The normalized spacial score (nSPS) is 16.5. The SMILES string of the molecule is O=C(O)C=Cc1c(N2CCCOCC2)nc2ccccn12. The molecule has 0 amide bonds. The van der Waals surface area contributed by atoms with E-state index >= 15 is 0 Å². The van der Waals surface area contributed by atoms with Gasteiger partial charge in [-0.1, -0.05) is 6.07 Å². The van der Waals surface area contributed by atoms with E-state index in [2.05, 4.69) is 9.88 Å². The molecule has 1 saturated heterocycles. The molecule has 0 radical (unpaired) electrons. The maximum atomic E-state index is 10.8. The highest BCUT2D eigenvalue weighted by molar-refractivity contribution is 5.86. The molecule has 0 unspecified atom stereocenters. The first-order valence-electron chi connectivity index (χ1n) is 6.96. The minimum atomic E-state index is -0.967. The average molecular weight is 287 g/mol. The molecule has 0 saturated carbocycles. The van der Waals surface area contributed by atoms with Crippen LogP contribution in [-0.2, 0) is 9.53 Å². The maximum absolute atomic E-state index is 10.8. The van der Waals surface area contributed by atoms with E-state index in [4.69, 9.17) is 9.84 Å². The Kier molecular flexibility index (Phi) is 3.87. The minimum absolute atomic E-state index is 0.663. The van der Waals surface area contributed by atoms with E-state index < -0.39 is 5.97 Å². The van der Waals surface area contributed by atoms with E-state index in [1.54, 1.807) is 6.08 Å². The van der Waals surface area contributed by atoms with Crippen LogP contribution in [0.2, 0.25) is 0 Å². The molecule has 1 fully saturated rings. The number of imidazole rings is 1. The third kappa shape index (κ3) is 2.90. The lowest BCUT2D eigenvalue weighted by molar-refractivity contribution is -0.131. The number of carboxylic acids is 1. The Labute approximate surface area is 122 Å². The van der Waals surface area contributed by atoms with Crippen LogP contribution in [0, 0.1) is 0 Å². The first kappa shape index (κ1) is 13.6. The molecule has 1 N–H and O–H groups in total. The van der Waals surface area contributed by atoms with Crippen molar-refractivity contribution >= 4 is 23.5 Å². The van der Waals surface area contributed by atoms with Gasteiger partial charge >= 0.3 is 5.97 Å². The van der Waals surface area contributed by atoms with Crippen LogP contribution in [0.25, 0.3) is 11.7 Å². The van der Waals surface area contributed by atoms with E-state index in [0.717, 1.165) is 49.4 Å². The van der Waals surface area contributed by atoms with Crippen molar-refractivity contribution in [2.75, 3.05) is 31.2 Å². The number of anilines is 1. The Balaban J connectivity index is 2.06. The summed E-state index contributed by atoms with van der Waals surface area (Å²) in [5, 5.41) is 8.88. The summed E-state index contributed by atoms with van der Waals surface area (Å²) in [4.78, 5) is 17.6. The minimum Gasteiger partial charge on any atom is -0.478 e. The lowest BCUT2D eigenvalue weighted by Gasteiger charge is -2.19. The number of fused-ring (bicyclic) bond motifs is 1. The van der Waals surface area contributed by atoms with Gasteiger partial charge in [-0.3, -0.25) is 4.40 Å². The number of hydrogen-bond acceptors (Lipinski definition) is 4. The molecule has 0 spiro atoms. The van der Waals surface area contributed by atoms with Crippen LogP contribution in [0.5, 0.6) is 0 Å². The zero-order valence-electron chi connectivity index (χ0n) is 11.6. The van der Waals surface area contributed by atoms with Crippen molar-refractivity contribution in [3.63, 3.8) is 0 Å². The van der Waals surface area contributed by atoms with Gasteiger partial charge < -0.3 is 14.7 Å². The predicted molar refractivity (Wildman–Crippen MR) is 79.5 cm³/mol. The fourth-order valence-electron chi connectivity index (χ4n) is 2.50. The summed E-state index contributed by atoms with van der Waals surface area (Å²) in [7, 11) is 0. The van der Waals surface area contributed by atoms with E-state index in [0.29, 0.717) is 6.61 Å². The molecule has 0 atom stereocenters. The number of carbonyl (C=O) groups is 1. The molecule has 3 heterocycles. The number of nitrogens with zero attached hydrogens (tertiary/aromatic N) is 3. The van der Waals surface area contributed by atoms with Crippen molar-refractivity contribution in [3.8, 4) is 0 Å². The summed E-state index contributed by atoms with van der Waals surface area (Å²) in [6.45, 7) is 3.04. The number of ether oxygens (including phenoxy) is 1. The molecule has 0 aliphatic carbocycles. The molecule has 0 aromatic carbocycles. The maximum Gasteiger partial charge on any atom is 0.328 e. The molecule has 1 aliphatic heterocycles. The largest absolute Gasteiger partial charge is 0.478 e. The molecule has 0 bridgehead atoms. The zero-order chi connectivity index (χ0) is 14.7. The molecule has 21 heavy (non-hydrogen) atoms. The van der Waals surface area contributed by atoms with Crippen molar-refractivity contribution in [1.82, 2.24) is 9.38 Å². The first-order valence-corrected chi connectivity index (χ1v) is 6.96. The second-order valence-corrected chi connectivity index (χ2v) is 4.87. The van der Waals surface area contributed by atoms with Crippen molar-refractivity contribution < 1.29 is 14.6 Å². The third-order valence-electron chi connectivity index (χ3n) is 3.45. The van der Waals surface area contributed by atoms with E-state index in [9.17, 15) is 4.79 Å². The predicted octanol–water partition coefficient (Wildman–Crippen LogP) is 1.66. The fourth-order valence-corrected chi connectivity index (χ4v) is 2.50. The third-order valence-corrected chi connectivity index (χ3v) is 3.45. The van der Waals surface area contributed by atoms with Gasteiger partial charge in [0.05, 0.1) is 12.3 Å². The quantitative estimate of drug-likeness (QED) is 0.870. The Hall–Kier alpha value is -2.34. The van der Waals surface area contributed by atoms with Crippen LogP contribution >= 0.6 is 0 Å². The van der Waals surface area contributed by atoms with Crippen molar-refractivity contribution in [2.24, 2.45) is 0 Å². The molecule has 2 aromatic rings. The van der Waals surface area contributed by atoms with Gasteiger partial charge in [0.25, 0.3) is 0 Å². The fraction of sp³-hybridized carbons (Fsp3) is 0.333. The summed E-state index contributed by atoms with van der Waals surface area (Å²) in [6.07, 6.45) is 5.58. The molecule has 110 valence electrons. The van der Waals surface area contributed by atoms with Crippen molar-refractivity contribution in [2.45, 2.75) is 6.42 Å². The smallest absolute Gasteiger partial charge is 0.328 e. The van der Waals surface area contributed by atoms with Crippen LogP contribution in [0.15, 0.2) is 30.5 Å². The Bertz CT molecular complexity index is 670. The molecular weight excluding hydrogens is 270 g/mol. The monoisotopic (exact) mass is 287 g/mol. The van der Waals surface area contributed by atoms with Crippen molar-refractivity contribution in [3.05, 3.63) is 36.2 Å². The molecular formula is C15H17N3O3. The molecule has 6 nitrogen and oxygen atoms in total. The van der Waals surface area contributed by atoms with Gasteiger partial charge in [-0.05, 0) is 24.6 Å². The second-order valence-electron chi connectivity index (χ2n) is 4.87. The van der Waals surface area contributed by atoms with E-state index in [1.165, 1.54) is 0 Å². The number of carboxylic acid groups (broad SMARTS) is 1. The number of hydrogen-bond donors (Lipinski definition) is 1. The standard InChI is InChI=1S/C15H17N3O3/c19-14(20)6-5-12-15(17-7-3-10-21-11-9-17)16-13-4-1-2-8-18(12)13/h1-2,4-6,8H,3,7,9-11H2,(H,19,20). The molecule has 2 aromatic heterocycles. The number of rotatable bonds is 3. The van der Waals surface area contributed by atoms with E-state index in [1.807, 2.05) is 28.8 Å². The van der Waals surface area contributed by atoms with Crippen LogP contribution in [-0.4, -0.2) is 46.8 Å². The Morgan fingerprint density at radius 2 is 2.24 bits per heavy atom. The summed E-state index contributed by atoms with van der Waals surface area (Å²) >= 11 is 0. The van der Waals surface area contributed by atoms with Gasteiger partial charge in [0, 0.05) is 32.0 Å². The highest BCUT2D eigenvalue weighted by atomic mass is 16.5. The van der Waals surface area contributed by atoms with Crippen LogP contribution in [0.3, 0.4) is 0 Å². The summed E-state index contributed by atoms with van der Waals surface area (Å²) < 4.78 is 7.37. The average Bonchev–Trinajstić information content (AvgIpc) is 2.66. The lowest BCUT2D eigenvalue weighted by Crippen LogP contribution is -2.26. The van der Waals surface area contributed by atoms with Gasteiger partial charge in [-0.15, -0.1) is 0 Å². The Morgan fingerprint density at radius 3 is 3.10 bits per heavy atom. The van der Waals surface area contributed by atoms with Gasteiger partial charge in [-0.25, -0.2) is 9.78 Å². The van der Waals surface area contributed by atoms with Crippen LogP contribution < -0.4 is 4.90 Å². The molecule has 1 aliphatic rings. The highest BCUT2D eigenvalue weighted by Crippen LogP contribution is 2.24. The van der Waals surface area contributed by atoms with Crippen LogP contribution in [0.4, 0.5) is 5.82 Å². The van der Waals surface area contributed by atoms with Crippen molar-refractivity contribution in [1.29, 1.82) is 0 Å². The summed E-state index contributed by atoms with van der Waals surface area (Å²) in [5.41, 5.74) is 1.60. The topological polar surface area (TPSA) is 67.1 Å². The van der Waals surface area contributed by atoms with Gasteiger partial charge in [-0.2, -0.15) is 0 Å². The summed E-state index contributed by atoms with van der Waals surface area (Å²) in [6, 6.07) is 5.74. The van der Waals surface area contributed by atoms with E-state index in [-0.39, 0.29) is 0 Å². The number of aromatic nitrogens is 2. The zero-order valence-corrected chi connectivity index (χ0v) is 11.6. The Morgan fingerprint density at radius 1 is 1.33 bits per heavy atom. The highest BCUT2D eigenvalue weighted by Gasteiger charge is 2.18. The van der Waals surface area contributed by atoms with Gasteiger partial charge in [0.2, 0.25) is 0 Å². The number of aliphatic carboxylic acids is 1.